The van der Waals surface area contributed by atoms with Gasteiger partial charge < -0.3 is 5.32 Å². The fraction of sp³-hybridized carbons (Fsp3) is 0.409. The van der Waals surface area contributed by atoms with Crippen LogP contribution in [0.4, 0.5) is 5.69 Å². The van der Waals surface area contributed by atoms with Crippen LogP contribution in [0.15, 0.2) is 48.5 Å². The average Bonchev–Trinajstić information content (AvgIpc) is 2.71. The van der Waals surface area contributed by atoms with Crippen LogP contribution in [0.2, 0.25) is 5.02 Å². The molecule has 0 saturated carbocycles. The van der Waals surface area contributed by atoms with Crippen molar-refractivity contribution in [2.75, 3.05) is 30.2 Å². The van der Waals surface area contributed by atoms with Crippen LogP contribution in [-0.2, 0) is 27.9 Å². The predicted molar refractivity (Wildman–Crippen MR) is 121 cm³/mol. The van der Waals surface area contributed by atoms with E-state index in [-0.39, 0.29) is 12.5 Å². The molecule has 8 heteroatoms. The normalized spacial score (nSPS) is 15.0. The topological polar surface area (TPSA) is 69.7 Å². The van der Waals surface area contributed by atoms with Crippen LogP contribution in [0.5, 0.6) is 0 Å². The zero-order valence-electron chi connectivity index (χ0n) is 17.2. The van der Waals surface area contributed by atoms with Crippen LogP contribution < -0.4 is 9.62 Å². The summed E-state index contributed by atoms with van der Waals surface area (Å²) in [6.07, 6.45) is 4.82. The van der Waals surface area contributed by atoms with E-state index >= 15 is 0 Å². The van der Waals surface area contributed by atoms with E-state index in [0.29, 0.717) is 17.3 Å². The number of rotatable bonds is 8. The number of halogens is 1. The summed E-state index contributed by atoms with van der Waals surface area (Å²) in [6, 6.07) is 14.5. The predicted octanol–water partition coefficient (Wildman–Crippen LogP) is 3.41. The molecule has 30 heavy (non-hydrogen) atoms. The van der Waals surface area contributed by atoms with Crippen LogP contribution in [0.25, 0.3) is 0 Å². The summed E-state index contributed by atoms with van der Waals surface area (Å²) in [4.78, 5) is 15.0. The summed E-state index contributed by atoms with van der Waals surface area (Å²) in [5, 5.41) is 3.28. The lowest BCUT2D eigenvalue weighted by molar-refractivity contribution is -0.119. The Morgan fingerprint density at radius 1 is 1.07 bits per heavy atom. The Bertz CT molecular complexity index is 975. The van der Waals surface area contributed by atoms with E-state index < -0.39 is 10.0 Å². The van der Waals surface area contributed by atoms with Crippen LogP contribution >= 0.6 is 11.6 Å². The highest BCUT2D eigenvalue weighted by atomic mass is 35.5. The number of nitrogens with zero attached hydrogens (tertiary/aromatic N) is 2. The highest BCUT2D eigenvalue weighted by molar-refractivity contribution is 7.92. The number of carbonyl (C=O) groups excluding carboxylic acids is 1. The SMILES string of the molecule is CS(=O)(=O)N(CC(=O)NCc1ccccc1CN1CCCCC1)c1cccc(Cl)c1. The Kier molecular flexibility index (Phi) is 7.75. The first-order valence-electron chi connectivity index (χ1n) is 10.1. The molecule has 2 aromatic rings. The lowest BCUT2D eigenvalue weighted by atomic mass is 10.0. The Morgan fingerprint density at radius 2 is 1.77 bits per heavy atom. The second kappa shape index (κ2) is 10.3. The van der Waals surface area contributed by atoms with Gasteiger partial charge in [0.15, 0.2) is 0 Å². The zero-order valence-corrected chi connectivity index (χ0v) is 18.8. The molecule has 3 rings (SSSR count). The van der Waals surface area contributed by atoms with E-state index in [9.17, 15) is 13.2 Å². The Balaban J connectivity index is 1.65. The minimum Gasteiger partial charge on any atom is -0.350 e. The third-order valence-corrected chi connectivity index (χ3v) is 6.60. The van der Waals surface area contributed by atoms with E-state index in [4.69, 9.17) is 11.6 Å². The van der Waals surface area contributed by atoms with Crippen molar-refractivity contribution < 1.29 is 13.2 Å². The van der Waals surface area contributed by atoms with Gasteiger partial charge in [0.25, 0.3) is 0 Å². The quantitative estimate of drug-likeness (QED) is 0.670. The monoisotopic (exact) mass is 449 g/mol. The van der Waals surface area contributed by atoms with Crippen molar-refractivity contribution in [2.45, 2.75) is 32.4 Å². The summed E-state index contributed by atoms with van der Waals surface area (Å²) in [6.45, 7) is 3.13. The van der Waals surface area contributed by atoms with Gasteiger partial charge >= 0.3 is 0 Å². The van der Waals surface area contributed by atoms with Crippen LogP contribution in [0, 0.1) is 0 Å². The second-order valence-electron chi connectivity index (χ2n) is 7.63. The number of benzene rings is 2. The largest absolute Gasteiger partial charge is 0.350 e. The molecule has 1 aliphatic rings. The van der Waals surface area contributed by atoms with Crippen molar-refractivity contribution in [3.63, 3.8) is 0 Å². The van der Waals surface area contributed by atoms with Crippen molar-refractivity contribution in [3.05, 3.63) is 64.7 Å². The lowest BCUT2D eigenvalue weighted by Gasteiger charge is -2.27. The average molecular weight is 450 g/mol. The number of carbonyl (C=O) groups is 1. The molecule has 0 unspecified atom stereocenters. The number of anilines is 1. The number of likely N-dealkylation sites (tertiary alicyclic amines) is 1. The molecule has 1 heterocycles. The van der Waals surface area contributed by atoms with Crippen LogP contribution in [0.1, 0.15) is 30.4 Å². The number of piperidine rings is 1. The molecular formula is C22H28ClN3O3S. The number of sulfonamides is 1. The molecule has 162 valence electrons. The summed E-state index contributed by atoms with van der Waals surface area (Å²) in [5.41, 5.74) is 2.60. The van der Waals surface area contributed by atoms with Gasteiger partial charge in [0.2, 0.25) is 15.9 Å². The minimum atomic E-state index is -3.63. The number of hydrogen-bond acceptors (Lipinski definition) is 4. The van der Waals surface area contributed by atoms with Crippen molar-refractivity contribution >= 4 is 33.2 Å². The van der Waals surface area contributed by atoms with Gasteiger partial charge in [-0.2, -0.15) is 0 Å². The second-order valence-corrected chi connectivity index (χ2v) is 9.98. The fourth-order valence-corrected chi connectivity index (χ4v) is 4.69. The zero-order chi connectivity index (χ0) is 21.6. The van der Waals surface area contributed by atoms with Gasteiger partial charge in [-0.3, -0.25) is 14.0 Å². The smallest absolute Gasteiger partial charge is 0.241 e. The van der Waals surface area contributed by atoms with E-state index in [2.05, 4.69) is 16.3 Å². The van der Waals surface area contributed by atoms with Crippen molar-refractivity contribution in [2.24, 2.45) is 0 Å². The van der Waals surface area contributed by atoms with Crippen LogP contribution in [-0.4, -0.2) is 45.1 Å². The number of hydrogen-bond donors (Lipinski definition) is 1. The van der Waals surface area contributed by atoms with Gasteiger partial charge in [-0.15, -0.1) is 0 Å². The van der Waals surface area contributed by atoms with Gasteiger partial charge in [0.05, 0.1) is 11.9 Å². The molecule has 1 saturated heterocycles. The maximum atomic E-state index is 12.6. The van der Waals surface area contributed by atoms with Crippen LogP contribution in [0.3, 0.4) is 0 Å². The summed E-state index contributed by atoms with van der Waals surface area (Å²) in [7, 11) is -3.63. The van der Waals surface area contributed by atoms with E-state index in [0.717, 1.165) is 35.8 Å². The lowest BCUT2D eigenvalue weighted by Crippen LogP contribution is -2.40. The first kappa shape index (κ1) is 22.6. The molecule has 6 nitrogen and oxygen atoms in total. The summed E-state index contributed by atoms with van der Waals surface area (Å²) >= 11 is 5.99. The molecule has 0 bridgehead atoms. The van der Waals surface area contributed by atoms with Gasteiger partial charge in [0, 0.05) is 18.1 Å². The highest BCUT2D eigenvalue weighted by Gasteiger charge is 2.21. The molecule has 0 aromatic heterocycles. The molecule has 1 fully saturated rings. The molecular weight excluding hydrogens is 422 g/mol. The number of amides is 1. The Morgan fingerprint density at radius 3 is 2.43 bits per heavy atom. The van der Waals surface area contributed by atoms with Crippen molar-refractivity contribution in [1.29, 1.82) is 0 Å². The molecule has 1 N–H and O–H groups in total. The first-order chi connectivity index (χ1) is 14.3. The van der Waals surface area contributed by atoms with E-state index in [1.807, 2.05) is 18.2 Å². The maximum absolute atomic E-state index is 12.6. The van der Waals surface area contributed by atoms with Gasteiger partial charge in [-0.25, -0.2) is 8.42 Å². The van der Waals surface area contributed by atoms with Crippen molar-refractivity contribution in [1.82, 2.24) is 10.2 Å². The molecule has 0 spiro atoms. The molecule has 1 amide bonds. The van der Waals surface area contributed by atoms with Gasteiger partial charge in [-0.05, 0) is 55.3 Å². The Labute approximate surface area is 183 Å². The van der Waals surface area contributed by atoms with E-state index in [1.165, 1.54) is 30.9 Å². The summed E-state index contributed by atoms with van der Waals surface area (Å²) in [5.74, 6) is -0.367. The molecule has 2 aromatic carbocycles. The minimum absolute atomic E-state index is 0.298. The summed E-state index contributed by atoms with van der Waals surface area (Å²) < 4.78 is 25.5. The highest BCUT2D eigenvalue weighted by Crippen LogP contribution is 2.21. The van der Waals surface area contributed by atoms with E-state index in [1.54, 1.807) is 18.2 Å². The standard InChI is InChI=1S/C22H28ClN3O3S/c1-30(28,29)26(21-11-7-10-20(23)14-21)17-22(27)24-15-18-8-3-4-9-19(18)16-25-12-5-2-6-13-25/h3-4,7-11,14H,2,5-6,12-13,15-17H2,1H3,(H,24,27). The number of nitrogens with one attached hydrogen (secondary N) is 1. The third-order valence-electron chi connectivity index (χ3n) is 5.22. The molecule has 0 radical (unpaired) electrons. The van der Waals surface area contributed by atoms with Gasteiger partial charge in [0.1, 0.15) is 6.54 Å². The molecule has 1 aliphatic heterocycles. The first-order valence-corrected chi connectivity index (χ1v) is 12.3. The van der Waals surface area contributed by atoms with Crippen molar-refractivity contribution in [3.8, 4) is 0 Å². The van der Waals surface area contributed by atoms with Gasteiger partial charge in [-0.1, -0.05) is 48.4 Å². The molecule has 0 aliphatic carbocycles. The third kappa shape index (κ3) is 6.45. The Hall–Kier alpha value is -2.09. The fourth-order valence-electron chi connectivity index (χ4n) is 3.65. The molecule has 0 atom stereocenters. The maximum Gasteiger partial charge on any atom is 0.241 e.